The third kappa shape index (κ3) is 4.50. The van der Waals surface area contributed by atoms with Crippen molar-refractivity contribution in [3.8, 4) is 0 Å². The Balaban J connectivity index is 1.64. The van der Waals surface area contributed by atoms with E-state index in [0.29, 0.717) is 35.9 Å². The van der Waals surface area contributed by atoms with Gasteiger partial charge in [-0.15, -0.1) is 0 Å². The van der Waals surface area contributed by atoms with Gasteiger partial charge in [-0.1, -0.05) is 46.9 Å². The van der Waals surface area contributed by atoms with E-state index in [1.807, 2.05) is 24.3 Å². The van der Waals surface area contributed by atoms with Crippen molar-refractivity contribution in [2.24, 2.45) is 0 Å². The summed E-state index contributed by atoms with van der Waals surface area (Å²) in [5.41, 5.74) is 1.01. The van der Waals surface area contributed by atoms with Crippen LogP contribution >= 0.6 is 34.8 Å². The maximum atomic E-state index is 12.8. The van der Waals surface area contributed by atoms with Crippen LogP contribution in [0.15, 0.2) is 47.4 Å². The van der Waals surface area contributed by atoms with E-state index in [9.17, 15) is 8.42 Å². The zero-order valence-electron chi connectivity index (χ0n) is 13.3. The van der Waals surface area contributed by atoms with E-state index < -0.39 is 15.1 Å². The van der Waals surface area contributed by atoms with Crippen molar-refractivity contribution in [3.05, 3.63) is 63.1 Å². The summed E-state index contributed by atoms with van der Waals surface area (Å²) in [4.78, 5) is 0.141. The largest absolute Gasteiger partial charge is 0.373 e. The standard InChI is InChI=1S/C18H17Cl3O3S/c19-13-3-1-12(2-4-13)11-24-15-6-7-16(10-15)25(22,23)18-8-5-14(20)9-17(18)21/h1-5,8-9,15-16H,6-7,10-11H2/t15-,16?/m0/s1. The predicted octanol–water partition coefficient (Wildman–Crippen LogP) is 5.56. The van der Waals surface area contributed by atoms with Crippen LogP contribution in [0.25, 0.3) is 0 Å². The second kappa shape index (κ2) is 7.85. The molecule has 0 saturated heterocycles. The quantitative estimate of drug-likeness (QED) is 0.637. The monoisotopic (exact) mass is 418 g/mol. The summed E-state index contributed by atoms with van der Waals surface area (Å²) in [7, 11) is -3.50. The highest BCUT2D eigenvalue weighted by atomic mass is 35.5. The second-order valence-electron chi connectivity index (χ2n) is 6.11. The van der Waals surface area contributed by atoms with Gasteiger partial charge in [0.15, 0.2) is 9.84 Å². The van der Waals surface area contributed by atoms with Crippen LogP contribution in [-0.2, 0) is 21.2 Å². The minimum Gasteiger partial charge on any atom is -0.373 e. The molecular formula is C18H17Cl3O3S. The number of ether oxygens (including phenoxy) is 1. The number of rotatable bonds is 5. The molecule has 0 heterocycles. The van der Waals surface area contributed by atoms with Gasteiger partial charge in [-0.25, -0.2) is 8.42 Å². The molecule has 134 valence electrons. The molecule has 0 N–H and O–H groups in total. The fraction of sp³-hybridized carbons (Fsp3) is 0.333. The van der Waals surface area contributed by atoms with Crippen LogP contribution in [0.4, 0.5) is 0 Å². The second-order valence-corrected chi connectivity index (χ2v) is 9.59. The van der Waals surface area contributed by atoms with E-state index in [0.717, 1.165) is 5.56 Å². The van der Waals surface area contributed by atoms with Gasteiger partial charge in [0.1, 0.15) is 0 Å². The van der Waals surface area contributed by atoms with E-state index in [1.54, 1.807) is 6.07 Å². The third-order valence-electron chi connectivity index (χ3n) is 4.37. The lowest BCUT2D eigenvalue weighted by Crippen LogP contribution is -2.20. The molecule has 0 radical (unpaired) electrons. The SMILES string of the molecule is O=S(=O)(c1ccc(Cl)cc1Cl)C1CC[C@H](OCc2ccc(Cl)cc2)C1. The van der Waals surface area contributed by atoms with Crippen molar-refractivity contribution in [1.82, 2.24) is 0 Å². The number of hydrogen-bond acceptors (Lipinski definition) is 3. The van der Waals surface area contributed by atoms with Crippen LogP contribution in [0.2, 0.25) is 15.1 Å². The average Bonchev–Trinajstić information content (AvgIpc) is 3.04. The Hall–Kier alpha value is -0.780. The van der Waals surface area contributed by atoms with Crippen molar-refractivity contribution in [3.63, 3.8) is 0 Å². The van der Waals surface area contributed by atoms with Crippen LogP contribution in [-0.4, -0.2) is 19.8 Å². The van der Waals surface area contributed by atoms with Crippen LogP contribution in [0.5, 0.6) is 0 Å². The predicted molar refractivity (Wildman–Crippen MR) is 101 cm³/mol. The molecule has 0 bridgehead atoms. The fourth-order valence-corrected chi connectivity index (χ4v) is 5.73. The Morgan fingerprint density at radius 2 is 1.64 bits per heavy atom. The molecular weight excluding hydrogens is 403 g/mol. The van der Waals surface area contributed by atoms with Gasteiger partial charge in [0, 0.05) is 10.0 Å². The van der Waals surface area contributed by atoms with E-state index in [4.69, 9.17) is 39.5 Å². The van der Waals surface area contributed by atoms with E-state index in [1.165, 1.54) is 12.1 Å². The molecule has 3 rings (SSSR count). The molecule has 3 nitrogen and oxygen atoms in total. The molecule has 25 heavy (non-hydrogen) atoms. The van der Waals surface area contributed by atoms with E-state index in [2.05, 4.69) is 0 Å². The first-order chi connectivity index (χ1) is 11.9. The Labute approximate surface area is 162 Å². The van der Waals surface area contributed by atoms with Crippen molar-refractivity contribution < 1.29 is 13.2 Å². The van der Waals surface area contributed by atoms with Gasteiger partial charge < -0.3 is 4.74 Å². The first kappa shape index (κ1) is 19.0. The van der Waals surface area contributed by atoms with Crippen molar-refractivity contribution in [2.75, 3.05) is 0 Å². The van der Waals surface area contributed by atoms with Gasteiger partial charge in [0.25, 0.3) is 0 Å². The Bertz CT molecular complexity index is 850. The molecule has 0 aromatic heterocycles. The lowest BCUT2D eigenvalue weighted by molar-refractivity contribution is 0.0458. The Morgan fingerprint density at radius 1 is 0.960 bits per heavy atom. The summed E-state index contributed by atoms with van der Waals surface area (Å²) in [6.07, 6.45) is 1.66. The first-order valence-corrected chi connectivity index (χ1v) is 10.6. The average molecular weight is 420 g/mol. The third-order valence-corrected chi connectivity index (χ3v) is 7.56. The zero-order valence-corrected chi connectivity index (χ0v) is 16.4. The molecule has 1 saturated carbocycles. The molecule has 1 unspecified atom stereocenters. The molecule has 1 aliphatic carbocycles. The lowest BCUT2D eigenvalue weighted by atomic mass is 10.2. The smallest absolute Gasteiger partial charge is 0.182 e. The van der Waals surface area contributed by atoms with Gasteiger partial charge in [0.05, 0.1) is 27.9 Å². The molecule has 0 amide bonds. The summed E-state index contributed by atoms with van der Waals surface area (Å²) in [5, 5.41) is 0.773. The zero-order chi connectivity index (χ0) is 18.0. The van der Waals surface area contributed by atoms with E-state index in [-0.39, 0.29) is 16.0 Å². The summed E-state index contributed by atoms with van der Waals surface area (Å²) in [5.74, 6) is 0. The van der Waals surface area contributed by atoms with Crippen LogP contribution < -0.4 is 0 Å². The maximum absolute atomic E-state index is 12.8. The molecule has 0 aliphatic heterocycles. The van der Waals surface area contributed by atoms with Crippen molar-refractivity contribution in [1.29, 1.82) is 0 Å². The molecule has 2 aromatic rings. The highest BCUT2D eigenvalue weighted by Crippen LogP contribution is 2.35. The molecule has 0 spiro atoms. The highest BCUT2D eigenvalue weighted by molar-refractivity contribution is 7.92. The summed E-state index contributed by atoms with van der Waals surface area (Å²) in [6.45, 7) is 0.441. The lowest BCUT2D eigenvalue weighted by Gasteiger charge is -2.15. The number of sulfone groups is 1. The van der Waals surface area contributed by atoms with E-state index >= 15 is 0 Å². The molecule has 1 aliphatic rings. The Kier molecular flexibility index (Phi) is 5.96. The maximum Gasteiger partial charge on any atom is 0.182 e. The van der Waals surface area contributed by atoms with Gasteiger partial charge in [-0.3, -0.25) is 0 Å². The highest BCUT2D eigenvalue weighted by Gasteiger charge is 2.36. The van der Waals surface area contributed by atoms with Crippen molar-refractivity contribution in [2.45, 2.75) is 42.1 Å². The van der Waals surface area contributed by atoms with Gasteiger partial charge >= 0.3 is 0 Å². The molecule has 2 atom stereocenters. The number of hydrogen-bond donors (Lipinski definition) is 0. The number of benzene rings is 2. The number of halogens is 3. The summed E-state index contributed by atoms with van der Waals surface area (Å²) >= 11 is 17.8. The van der Waals surface area contributed by atoms with Crippen LogP contribution in [0.1, 0.15) is 24.8 Å². The fourth-order valence-electron chi connectivity index (χ4n) is 3.01. The Morgan fingerprint density at radius 3 is 2.32 bits per heavy atom. The van der Waals surface area contributed by atoms with Gasteiger partial charge in [0.2, 0.25) is 0 Å². The topological polar surface area (TPSA) is 43.4 Å². The van der Waals surface area contributed by atoms with Crippen LogP contribution in [0.3, 0.4) is 0 Å². The summed E-state index contributed by atoms with van der Waals surface area (Å²) < 4.78 is 31.5. The summed E-state index contributed by atoms with van der Waals surface area (Å²) in [6, 6.07) is 11.9. The molecule has 1 fully saturated rings. The minimum atomic E-state index is -3.50. The van der Waals surface area contributed by atoms with Crippen molar-refractivity contribution >= 4 is 44.6 Å². The molecule has 2 aromatic carbocycles. The molecule has 7 heteroatoms. The van der Waals surface area contributed by atoms with Gasteiger partial charge in [-0.2, -0.15) is 0 Å². The van der Waals surface area contributed by atoms with Crippen LogP contribution in [0, 0.1) is 0 Å². The normalized spacial score (nSPS) is 20.8. The minimum absolute atomic E-state index is 0.0819. The first-order valence-electron chi connectivity index (χ1n) is 7.91. The van der Waals surface area contributed by atoms with Gasteiger partial charge in [-0.05, 0) is 55.2 Å².